The first-order valence-electron chi connectivity index (χ1n) is 6.32. The van der Waals surface area contributed by atoms with Crippen LogP contribution in [0.25, 0.3) is 0 Å². The van der Waals surface area contributed by atoms with Gasteiger partial charge in [0, 0.05) is 32.0 Å². The number of carbonyl (C=O) groups is 3. The van der Waals surface area contributed by atoms with Crippen LogP contribution in [-0.4, -0.2) is 23.5 Å². The summed E-state index contributed by atoms with van der Waals surface area (Å²) < 4.78 is 0. The topological polar surface area (TPSA) is 75.3 Å². The lowest BCUT2D eigenvalue weighted by molar-refractivity contribution is -0.121. The summed E-state index contributed by atoms with van der Waals surface area (Å²) in [6.07, 6.45) is 1.21. The molecule has 0 aliphatic carbocycles. The second kappa shape index (κ2) is 8.37. The molecule has 0 bridgehead atoms. The van der Waals surface area contributed by atoms with E-state index in [1.165, 1.54) is 6.92 Å². The highest BCUT2D eigenvalue weighted by Gasteiger charge is 2.03. The predicted molar refractivity (Wildman–Crippen MR) is 80.7 cm³/mol. The monoisotopic (exact) mass is 294 g/mol. The first-order chi connectivity index (χ1) is 9.47. The van der Waals surface area contributed by atoms with Gasteiger partial charge >= 0.3 is 0 Å². The van der Waals surface area contributed by atoms with Gasteiger partial charge in [-0.1, -0.05) is 12.1 Å². The Balaban J connectivity index is 2.32. The summed E-state index contributed by atoms with van der Waals surface area (Å²) in [4.78, 5) is 33.0. The zero-order valence-corrected chi connectivity index (χ0v) is 12.2. The maximum Gasteiger partial charge on any atom is 0.221 e. The molecule has 0 fully saturated rings. The van der Waals surface area contributed by atoms with E-state index >= 15 is 0 Å². The van der Waals surface area contributed by atoms with Crippen LogP contribution < -0.4 is 10.6 Å². The molecule has 1 aromatic rings. The lowest BCUT2D eigenvalue weighted by Crippen LogP contribution is -2.25. The fraction of sp³-hybridized carbons (Fsp3) is 0.357. The van der Waals surface area contributed by atoms with Crippen molar-refractivity contribution in [3.05, 3.63) is 29.8 Å². The number of amides is 2. The maximum atomic E-state index is 11.5. The molecule has 20 heavy (non-hydrogen) atoms. The third-order valence-corrected chi connectivity index (χ3v) is 2.80. The summed E-state index contributed by atoms with van der Waals surface area (Å²) in [7, 11) is 0. The third kappa shape index (κ3) is 6.94. The van der Waals surface area contributed by atoms with Crippen LogP contribution in [0.1, 0.15) is 25.3 Å². The molecule has 2 amide bonds. The molecule has 0 spiro atoms. The number of thiol groups is 1. The van der Waals surface area contributed by atoms with E-state index in [-0.39, 0.29) is 23.4 Å². The molecular weight excluding hydrogens is 276 g/mol. The Hall–Kier alpha value is -1.82. The summed E-state index contributed by atoms with van der Waals surface area (Å²) in [5.41, 5.74) is 1.75. The van der Waals surface area contributed by atoms with E-state index in [1.54, 1.807) is 12.1 Å². The van der Waals surface area contributed by atoms with Crippen molar-refractivity contribution in [3.8, 4) is 0 Å². The Morgan fingerprint density at radius 2 is 1.75 bits per heavy atom. The van der Waals surface area contributed by atoms with Crippen molar-refractivity contribution >= 4 is 35.2 Å². The van der Waals surface area contributed by atoms with Gasteiger partial charge < -0.3 is 10.6 Å². The number of aryl methyl sites for hydroxylation is 1. The van der Waals surface area contributed by atoms with E-state index in [0.717, 1.165) is 11.3 Å². The lowest BCUT2D eigenvalue weighted by Gasteiger charge is -2.05. The standard InChI is InChI=1S/C14H18N2O3S/c1-10(17)16-12-5-2-11(3-6-12)4-7-13(18)15-9-8-14(19)20/h2-3,5-6H,4,7-9H2,1H3,(H,15,18)(H,16,17)(H,19,20). The molecule has 0 unspecified atom stereocenters. The normalized spacial score (nSPS) is 9.90. The van der Waals surface area contributed by atoms with E-state index in [1.807, 2.05) is 12.1 Å². The van der Waals surface area contributed by atoms with Gasteiger partial charge in [-0.2, -0.15) is 0 Å². The molecule has 0 atom stereocenters. The molecule has 0 aliphatic rings. The molecule has 0 radical (unpaired) electrons. The minimum absolute atomic E-state index is 0.0921. The van der Waals surface area contributed by atoms with E-state index < -0.39 is 0 Å². The van der Waals surface area contributed by atoms with Crippen molar-refractivity contribution in [2.24, 2.45) is 0 Å². The zero-order valence-electron chi connectivity index (χ0n) is 11.3. The van der Waals surface area contributed by atoms with E-state index in [2.05, 4.69) is 23.3 Å². The Morgan fingerprint density at radius 3 is 2.30 bits per heavy atom. The average molecular weight is 294 g/mol. The van der Waals surface area contributed by atoms with Crippen LogP contribution in [0.4, 0.5) is 5.69 Å². The molecule has 0 aliphatic heterocycles. The number of anilines is 1. The summed E-state index contributed by atoms with van der Waals surface area (Å²) in [6.45, 7) is 1.77. The van der Waals surface area contributed by atoms with Gasteiger partial charge in [-0.15, -0.1) is 12.6 Å². The van der Waals surface area contributed by atoms with Gasteiger partial charge in [-0.25, -0.2) is 0 Å². The number of nitrogens with one attached hydrogen (secondary N) is 2. The van der Waals surface area contributed by atoms with E-state index in [9.17, 15) is 14.4 Å². The van der Waals surface area contributed by atoms with Crippen molar-refractivity contribution < 1.29 is 14.4 Å². The Labute approximate surface area is 123 Å². The largest absolute Gasteiger partial charge is 0.356 e. The number of benzene rings is 1. The highest BCUT2D eigenvalue weighted by molar-refractivity contribution is 7.96. The van der Waals surface area contributed by atoms with E-state index in [0.29, 0.717) is 19.4 Å². The smallest absolute Gasteiger partial charge is 0.221 e. The van der Waals surface area contributed by atoms with Crippen LogP contribution in [0.3, 0.4) is 0 Å². The lowest BCUT2D eigenvalue weighted by atomic mass is 10.1. The fourth-order valence-electron chi connectivity index (χ4n) is 1.61. The van der Waals surface area contributed by atoms with Crippen molar-refractivity contribution in [2.45, 2.75) is 26.2 Å². The van der Waals surface area contributed by atoms with Crippen LogP contribution >= 0.6 is 12.6 Å². The molecule has 108 valence electrons. The minimum atomic E-state index is -0.237. The van der Waals surface area contributed by atoms with Gasteiger partial charge in [0.15, 0.2) is 5.12 Å². The van der Waals surface area contributed by atoms with Crippen LogP contribution in [0.5, 0.6) is 0 Å². The summed E-state index contributed by atoms with van der Waals surface area (Å²) in [5.74, 6) is -0.207. The van der Waals surface area contributed by atoms with Gasteiger partial charge in [0.05, 0.1) is 0 Å². The fourth-order valence-corrected chi connectivity index (χ4v) is 1.72. The van der Waals surface area contributed by atoms with Crippen LogP contribution in [0.15, 0.2) is 24.3 Å². The average Bonchev–Trinajstić information content (AvgIpc) is 2.37. The molecule has 5 nitrogen and oxygen atoms in total. The van der Waals surface area contributed by atoms with Gasteiger partial charge in [-0.05, 0) is 24.1 Å². The van der Waals surface area contributed by atoms with Crippen molar-refractivity contribution in [2.75, 3.05) is 11.9 Å². The summed E-state index contributed by atoms with van der Waals surface area (Å²) in [5, 5.41) is 5.10. The molecule has 6 heteroatoms. The highest BCUT2D eigenvalue weighted by atomic mass is 32.1. The van der Waals surface area contributed by atoms with Crippen molar-refractivity contribution in [3.63, 3.8) is 0 Å². The van der Waals surface area contributed by atoms with E-state index in [4.69, 9.17) is 0 Å². The second-order valence-corrected chi connectivity index (χ2v) is 4.87. The summed E-state index contributed by atoms with van der Waals surface area (Å²) >= 11 is 3.62. The quantitative estimate of drug-likeness (QED) is 0.668. The molecule has 1 aromatic carbocycles. The third-order valence-electron chi connectivity index (χ3n) is 2.58. The molecular formula is C14H18N2O3S. The number of hydrogen-bond donors (Lipinski definition) is 3. The Kier molecular flexibility index (Phi) is 6.79. The number of carbonyl (C=O) groups excluding carboxylic acids is 3. The van der Waals surface area contributed by atoms with Crippen LogP contribution in [0.2, 0.25) is 0 Å². The number of hydrogen-bond acceptors (Lipinski definition) is 3. The molecule has 2 N–H and O–H groups in total. The molecule has 1 rings (SSSR count). The van der Waals surface area contributed by atoms with Crippen LogP contribution in [-0.2, 0) is 20.8 Å². The first kappa shape index (κ1) is 16.2. The zero-order chi connectivity index (χ0) is 15.0. The van der Waals surface area contributed by atoms with Gasteiger partial charge in [0.1, 0.15) is 0 Å². The highest BCUT2D eigenvalue weighted by Crippen LogP contribution is 2.10. The minimum Gasteiger partial charge on any atom is -0.356 e. The second-order valence-electron chi connectivity index (χ2n) is 4.37. The maximum absolute atomic E-state index is 11.5. The first-order valence-corrected chi connectivity index (χ1v) is 6.77. The van der Waals surface area contributed by atoms with Crippen molar-refractivity contribution in [1.82, 2.24) is 5.32 Å². The van der Waals surface area contributed by atoms with Crippen molar-refractivity contribution in [1.29, 1.82) is 0 Å². The predicted octanol–water partition coefficient (Wildman–Crippen LogP) is 1.54. The van der Waals surface area contributed by atoms with Gasteiger partial charge in [0.25, 0.3) is 0 Å². The van der Waals surface area contributed by atoms with Crippen LogP contribution in [0, 0.1) is 0 Å². The molecule has 0 saturated carbocycles. The Morgan fingerprint density at radius 1 is 1.10 bits per heavy atom. The summed E-state index contributed by atoms with van der Waals surface area (Å²) in [6, 6.07) is 7.34. The van der Waals surface area contributed by atoms with Gasteiger partial charge in [0.2, 0.25) is 11.8 Å². The SMILES string of the molecule is CC(=O)Nc1ccc(CCC(=O)NCCC(=O)S)cc1. The van der Waals surface area contributed by atoms with Gasteiger partial charge in [-0.3, -0.25) is 14.4 Å². The number of rotatable bonds is 7. The Bertz CT molecular complexity index is 486. The molecule has 0 heterocycles. The molecule has 0 saturated heterocycles. The molecule has 0 aromatic heterocycles.